The molecule has 6 nitrogen and oxygen atoms in total. The smallest absolute Gasteiger partial charge is 0.349 e. The zero-order valence-corrected chi connectivity index (χ0v) is 17.1. The van der Waals surface area contributed by atoms with E-state index in [1.54, 1.807) is 12.1 Å². The van der Waals surface area contributed by atoms with Crippen molar-refractivity contribution in [1.82, 2.24) is 4.90 Å². The SMILES string of the molecule is Cc1ccc(NC(=O)CN(C)C(=O)[C@@H](C)OC(=O)c2cc3c(s2)CCC3)cc1. The number of nitrogens with one attached hydrogen (secondary N) is 1. The molecule has 1 heterocycles. The fraction of sp³-hybridized carbons (Fsp3) is 0.381. The maximum atomic E-state index is 12.5. The summed E-state index contributed by atoms with van der Waals surface area (Å²) in [4.78, 5) is 39.9. The lowest BCUT2D eigenvalue weighted by Crippen LogP contribution is -2.41. The molecule has 0 bridgehead atoms. The zero-order valence-electron chi connectivity index (χ0n) is 16.3. The van der Waals surface area contributed by atoms with Gasteiger partial charge in [-0.3, -0.25) is 9.59 Å². The Hall–Kier alpha value is -2.67. The van der Waals surface area contributed by atoms with Crippen LogP contribution in [0.1, 0.15) is 39.0 Å². The molecule has 2 aromatic rings. The molecule has 0 aliphatic heterocycles. The number of benzene rings is 1. The van der Waals surface area contributed by atoms with Gasteiger partial charge in [-0.05, 0) is 56.9 Å². The molecule has 0 spiro atoms. The van der Waals surface area contributed by atoms with Gasteiger partial charge >= 0.3 is 5.97 Å². The number of carbonyl (C=O) groups is 3. The molecule has 0 radical (unpaired) electrons. The minimum absolute atomic E-state index is 0.123. The maximum Gasteiger partial charge on any atom is 0.349 e. The molecule has 1 aliphatic rings. The molecule has 28 heavy (non-hydrogen) atoms. The van der Waals surface area contributed by atoms with E-state index in [1.807, 2.05) is 25.1 Å². The van der Waals surface area contributed by atoms with Crippen LogP contribution >= 0.6 is 11.3 Å². The molecule has 1 aromatic heterocycles. The molecule has 0 fully saturated rings. The van der Waals surface area contributed by atoms with Gasteiger partial charge in [0.15, 0.2) is 6.10 Å². The van der Waals surface area contributed by atoms with Crippen LogP contribution < -0.4 is 5.32 Å². The number of anilines is 1. The first-order valence-electron chi connectivity index (χ1n) is 9.27. The normalized spacial score (nSPS) is 13.5. The average molecular weight is 401 g/mol. The van der Waals surface area contributed by atoms with Gasteiger partial charge in [0.1, 0.15) is 4.88 Å². The molecule has 0 saturated heterocycles. The van der Waals surface area contributed by atoms with Crippen LogP contribution in [0.4, 0.5) is 5.69 Å². The minimum atomic E-state index is -0.957. The van der Waals surface area contributed by atoms with Crippen LogP contribution in [0.2, 0.25) is 0 Å². The maximum absolute atomic E-state index is 12.5. The van der Waals surface area contributed by atoms with Crippen LogP contribution in [0, 0.1) is 6.92 Å². The van der Waals surface area contributed by atoms with Crippen molar-refractivity contribution in [3.05, 3.63) is 51.2 Å². The molecule has 0 unspecified atom stereocenters. The van der Waals surface area contributed by atoms with Gasteiger partial charge in [-0.25, -0.2) is 4.79 Å². The Morgan fingerprint density at radius 2 is 1.93 bits per heavy atom. The predicted molar refractivity (Wildman–Crippen MR) is 109 cm³/mol. The first-order valence-corrected chi connectivity index (χ1v) is 10.1. The number of esters is 1. The summed E-state index contributed by atoms with van der Waals surface area (Å²) in [6.45, 7) is 3.36. The van der Waals surface area contributed by atoms with Gasteiger partial charge in [-0.2, -0.15) is 0 Å². The van der Waals surface area contributed by atoms with Crippen molar-refractivity contribution in [2.24, 2.45) is 0 Å². The van der Waals surface area contributed by atoms with Gasteiger partial charge in [0.2, 0.25) is 5.91 Å². The number of hydrogen-bond donors (Lipinski definition) is 1. The third-order valence-electron chi connectivity index (χ3n) is 4.67. The number of hydrogen-bond acceptors (Lipinski definition) is 5. The topological polar surface area (TPSA) is 75.7 Å². The van der Waals surface area contributed by atoms with E-state index < -0.39 is 18.0 Å². The Kier molecular flexibility index (Phi) is 6.14. The highest BCUT2D eigenvalue weighted by atomic mass is 32.1. The number of amides is 2. The zero-order chi connectivity index (χ0) is 20.3. The van der Waals surface area contributed by atoms with Crippen LogP contribution in [-0.4, -0.2) is 42.4 Å². The number of nitrogens with zero attached hydrogens (tertiary/aromatic N) is 1. The van der Waals surface area contributed by atoms with Crippen molar-refractivity contribution in [3.8, 4) is 0 Å². The number of thiophene rings is 1. The summed E-state index contributed by atoms with van der Waals surface area (Å²) in [5.74, 6) is -1.22. The number of aryl methyl sites for hydroxylation is 3. The van der Waals surface area contributed by atoms with Gasteiger partial charge in [0, 0.05) is 17.6 Å². The molecule has 1 N–H and O–H groups in total. The molecule has 3 rings (SSSR count). The minimum Gasteiger partial charge on any atom is -0.448 e. The Labute approximate surface area is 168 Å². The number of carbonyl (C=O) groups excluding carboxylic acids is 3. The quantitative estimate of drug-likeness (QED) is 0.756. The van der Waals surface area contributed by atoms with E-state index in [0.717, 1.165) is 24.8 Å². The molecule has 7 heteroatoms. The summed E-state index contributed by atoms with van der Waals surface area (Å²) in [6.07, 6.45) is 2.16. The molecular formula is C21H24N2O4S. The van der Waals surface area contributed by atoms with Crippen molar-refractivity contribution in [2.75, 3.05) is 18.9 Å². The summed E-state index contributed by atoms with van der Waals surface area (Å²) >= 11 is 1.44. The highest BCUT2D eigenvalue weighted by Crippen LogP contribution is 2.31. The molecule has 0 saturated carbocycles. The predicted octanol–water partition coefficient (Wildman–Crippen LogP) is 3.19. The van der Waals surface area contributed by atoms with Gasteiger partial charge < -0.3 is 15.0 Å². The van der Waals surface area contributed by atoms with Gasteiger partial charge in [0.25, 0.3) is 5.91 Å². The molecular weight excluding hydrogens is 376 g/mol. The van der Waals surface area contributed by atoms with E-state index in [-0.39, 0.29) is 12.5 Å². The van der Waals surface area contributed by atoms with Gasteiger partial charge in [-0.1, -0.05) is 17.7 Å². The highest BCUT2D eigenvalue weighted by Gasteiger charge is 2.26. The summed E-state index contributed by atoms with van der Waals surface area (Å²) in [5, 5.41) is 2.74. The highest BCUT2D eigenvalue weighted by molar-refractivity contribution is 7.14. The third kappa shape index (κ3) is 4.78. The monoisotopic (exact) mass is 400 g/mol. The van der Waals surface area contributed by atoms with Crippen LogP contribution in [0.5, 0.6) is 0 Å². The van der Waals surface area contributed by atoms with E-state index in [2.05, 4.69) is 5.32 Å². The first-order chi connectivity index (χ1) is 13.3. The first kappa shape index (κ1) is 20.1. The summed E-state index contributed by atoms with van der Waals surface area (Å²) in [7, 11) is 1.51. The largest absolute Gasteiger partial charge is 0.448 e. The Bertz CT molecular complexity index is 867. The Morgan fingerprint density at radius 3 is 2.61 bits per heavy atom. The Balaban J connectivity index is 1.50. The standard InChI is InChI=1S/C21H24N2O4S/c1-13-7-9-16(10-8-13)22-19(24)12-23(3)20(25)14(2)27-21(26)18-11-15-5-4-6-17(15)28-18/h7-11,14H,4-6,12H2,1-3H3,(H,22,24)/t14-/m1/s1. The van der Waals surface area contributed by atoms with Crippen LogP contribution in [0.15, 0.2) is 30.3 Å². The van der Waals surface area contributed by atoms with Crippen molar-refractivity contribution in [2.45, 2.75) is 39.2 Å². The van der Waals surface area contributed by atoms with Crippen LogP contribution in [0.3, 0.4) is 0 Å². The van der Waals surface area contributed by atoms with E-state index in [1.165, 1.54) is 40.6 Å². The second kappa shape index (κ2) is 8.56. The van der Waals surface area contributed by atoms with E-state index in [4.69, 9.17) is 4.74 Å². The number of fused-ring (bicyclic) bond motifs is 1. The molecule has 148 valence electrons. The summed E-state index contributed by atoms with van der Waals surface area (Å²) in [5.41, 5.74) is 2.97. The average Bonchev–Trinajstić information content (AvgIpc) is 3.24. The molecule has 1 aromatic carbocycles. The summed E-state index contributed by atoms with van der Waals surface area (Å²) < 4.78 is 5.32. The summed E-state index contributed by atoms with van der Waals surface area (Å²) in [6, 6.07) is 9.26. The molecule has 1 aliphatic carbocycles. The lowest BCUT2D eigenvalue weighted by Gasteiger charge is -2.21. The van der Waals surface area contributed by atoms with Gasteiger partial charge in [0.05, 0.1) is 6.54 Å². The number of likely N-dealkylation sites (N-methyl/N-ethyl adjacent to an activating group) is 1. The fourth-order valence-electron chi connectivity index (χ4n) is 3.14. The molecule has 2 amide bonds. The second-order valence-corrected chi connectivity index (χ2v) is 8.21. The number of rotatable bonds is 6. The van der Waals surface area contributed by atoms with Crippen molar-refractivity contribution in [3.63, 3.8) is 0 Å². The van der Waals surface area contributed by atoms with E-state index >= 15 is 0 Å². The van der Waals surface area contributed by atoms with Crippen molar-refractivity contribution >= 4 is 34.8 Å². The number of ether oxygens (including phenoxy) is 1. The lowest BCUT2D eigenvalue weighted by atomic mass is 10.2. The fourth-order valence-corrected chi connectivity index (χ4v) is 4.28. The molecule has 1 atom stereocenters. The Morgan fingerprint density at radius 1 is 1.21 bits per heavy atom. The second-order valence-electron chi connectivity index (χ2n) is 7.07. The lowest BCUT2D eigenvalue weighted by molar-refractivity contribution is -0.140. The van der Waals surface area contributed by atoms with Gasteiger partial charge in [-0.15, -0.1) is 11.3 Å². The van der Waals surface area contributed by atoms with Crippen LogP contribution in [0.25, 0.3) is 0 Å². The third-order valence-corrected chi connectivity index (χ3v) is 5.89. The van der Waals surface area contributed by atoms with Crippen molar-refractivity contribution < 1.29 is 19.1 Å². The van der Waals surface area contributed by atoms with Crippen LogP contribution in [-0.2, 0) is 27.2 Å². The van der Waals surface area contributed by atoms with E-state index in [9.17, 15) is 14.4 Å². The van der Waals surface area contributed by atoms with E-state index in [0.29, 0.717) is 10.6 Å². The van der Waals surface area contributed by atoms with Crippen molar-refractivity contribution in [1.29, 1.82) is 0 Å².